The van der Waals surface area contributed by atoms with Crippen LogP contribution in [0.1, 0.15) is 28.8 Å². The van der Waals surface area contributed by atoms with Gasteiger partial charge in [0.1, 0.15) is 24.7 Å². The number of pyridine rings is 1. The van der Waals surface area contributed by atoms with Gasteiger partial charge >= 0.3 is 0 Å². The van der Waals surface area contributed by atoms with E-state index in [2.05, 4.69) is 22.4 Å². The molecule has 5 rings (SSSR count). The molecule has 4 aromatic rings. The quantitative estimate of drug-likeness (QED) is 0.439. The fraction of sp³-hybridized carbons (Fsp3) is 0.185. The van der Waals surface area contributed by atoms with Gasteiger partial charge in [0.15, 0.2) is 0 Å². The number of amides is 1. The van der Waals surface area contributed by atoms with Crippen molar-refractivity contribution in [3.8, 4) is 11.5 Å². The molecule has 1 N–H and O–H groups in total. The first-order chi connectivity index (χ1) is 15.7. The minimum Gasteiger partial charge on any atom is -0.489 e. The van der Waals surface area contributed by atoms with Crippen LogP contribution in [0.3, 0.4) is 0 Å². The van der Waals surface area contributed by atoms with Crippen LogP contribution in [-0.4, -0.2) is 10.9 Å². The minimum absolute atomic E-state index is 0.0588. The summed E-state index contributed by atoms with van der Waals surface area (Å²) in [5, 5.41) is 4.09. The molecule has 0 saturated carbocycles. The molecule has 2 heterocycles. The number of carbonyl (C=O) groups is 1. The maximum absolute atomic E-state index is 11.8. The number of ether oxygens (including phenoxy) is 2. The Morgan fingerprint density at radius 1 is 0.906 bits per heavy atom. The first-order valence-electron chi connectivity index (χ1n) is 10.8. The average molecular weight is 425 g/mol. The zero-order valence-corrected chi connectivity index (χ0v) is 17.9. The van der Waals surface area contributed by atoms with Gasteiger partial charge in [0.05, 0.1) is 16.9 Å². The van der Waals surface area contributed by atoms with E-state index >= 15 is 0 Å². The highest BCUT2D eigenvalue weighted by atomic mass is 16.5. The number of rotatable bonds is 6. The molecule has 1 aliphatic heterocycles. The predicted molar refractivity (Wildman–Crippen MR) is 125 cm³/mol. The lowest BCUT2D eigenvalue weighted by Crippen LogP contribution is -2.20. The number of anilines is 1. The highest BCUT2D eigenvalue weighted by molar-refractivity contribution is 5.95. The third-order valence-electron chi connectivity index (χ3n) is 5.68. The molecule has 160 valence electrons. The van der Waals surface area contributed by atoms with Crippen molar-refractivity contribution in [1.82, 2.24) is 4.98 Å². The van der Waals surface area contributed by atoms with Crippen LogP contribution in [0.5, 0.6) is 11.5 Å². The van der Waals surface area contributed by atoms with Gasteiger partial charge in [-0.1, -0.05) is 42.5 Å². The number of nitrogens with one attached hydrogen (secondary N) is 1. The summed E-state index contributed by atoms with van der Waals surface area (Å²) in [6.45, 7) is 2.83. The zero-order valence-electron chi connectivity index (χ0n) is 17.9. The van der Waals surface area contributed by atoms with Crippen LogP contribution in [0, 0.1) is 6.92 Å². The van der Waals surface area contributed by atoms with E-state index in [4.69, 9.17) is 9.47 Å². The molecule has 0 unspecified atom stereocenters. The number of benzene rings is 3. The lowest BCUT2D eigenvalue weighted by molar-refractivity contribution is -0.116. The molecule has 32 heavy (non-hydrogen) atoms. The van der Waals surface area contributed by atoms with Crippen LogP contribution in [0.4, 0.5) is 5.69 Å². The van der Waals surface area contributed by atoms with Gasteiger partial charge in [0, 0.05) is 17.4 Å². The summed E-state index contributed by atoms with van der Waals surface area (Å²) in [4.78, 5) is 16.4. The monoisotopic (exact) mass is 424 g/mol. The molecule has 0 atom stereocenters. The zero-order chi connectivity index (χ0) is 21.9. The second kappa shape index (κ2) is 8.71. The molecule has 5 nitrogen and oxygen atoms in total. The van der Waals surface area contributed by atoms with Crippen LogP contribution < -0.4 is 14.8 Å². The van der Waals surface area contributed by atoms with Gasteiger partial charge in [-0.2, -0.15) is 0 Å². The highest BCUT2D eigenvalue weighted by Crippen LogP contribution is 2.34. The van der Waals surface area contributed by atoms with E-state index in [1.165, 1.54) is 0 Å². The molecule has 0 saturated heterocycles. The molecule has 1 aliphatic rings. The third kappa shape index (κ3) is 4.28. The van der Waals surface area contributed by atoms with E-state index in [9.17, 15) is 4.79 Å². The lowest BCUT2D eigenvalue weighted by Gasteiger charge is -2.22. The average Bonchev–Trinajstić information content (AvgIpc) is 2.83. The Balaban J connectivity index is 1.26. The SMILES string of the molecule is Cc1ccc(OCc2cccc(OCc3ccc4ccccc4n3)c2)c2c1NC(=O)CC2. The number of hydrogen-bond acceptors (Lipinski definition) is 4. The molecule has 0 bridgehead atoms. The van der Waals surface area contributed by atoms with Gasteiger partial charge in [-0.15, -0.1) is 0 Å². The van der Waals surface area contributed by atoms with E-state index < -0.39 is 0 Å². The normalized spacial score (nSPS) is 12.8. The standard InChI is InChI=1S/C27H24N2O3/c1-18-9-13-25(23-12-14-26(30)29-27(18)23)32-16-19-5-4-7-22(15-19)31-17-21-11-10-20-6-2-3-8-24(20)28-21/h2-11,13,15H,12,14,16-17H2,1H3,(H,29,30). The number of aromatic nitrogens is 1. The van der Waals surface area contributed by atoms with Gasteiger partial charge in [-0.05, 0) is 54.8 Å². The fourth-order valence-corrected chi connectivity index (χ4v) is 3.98. The Kier molecular flexibility index (Phi) is 5.46. The highest BCUT2D eigenvalue weighted by Gasteiger charge is 2.20. The van der Waals surface area contributed by atoms with Crippen molar-refractivity contribution in [2.45, 2.75) is 33.0 Å². The second-order valence-corrected chi connectivity index (χ2v) is 8.00. The molecule has 0 fully saturated rings. The fourth-order valence-electron chi connectivity index (χ4n) is 3.98. The van der Waals surface area contributed by atoms with Crippen molar-refractivity contribution in [3.63, 3.8) is 0 Å². The summed E-state index contributed by atoms with van der Waals surface area (Å²) in [5.74, 6) is 1.65. The summed E-state index contributed by atoms with van der Waals surface area (Å²) >= 11 is 0. The number of nitrogens with zero attached hydrogens (tertiary/aromatic N) is 1. The molecule has 1 amide bonds. The molecule has 0 radical (unpaired) electrons. The number of carbonyl (C=O) groups excluding carboxylic acids is 1. The Morgan fingerprint density at radius 2 is 1.81 bits per heavy atom. The van der Waals surface area contributed by atoms with Crippen LogP contribution in [0.15, 0.2) is 72.8 Å². The first kappa shape index (κ1) is 20.1. The largest absolute Gasteiger partial charge is 0.489 e. The lowest BCUT2D eigenvalue weighted by atomic mass is 9.98. The maximum atomic E-state index is 11.8. The number of fused-ring (bicyclic) bond motifs is 2. The van der Waals surface area contributed by atoms with Gasteiger partial charge in [0.25, 0.3) is 0 Å². The van der Waals surface area contributed by atoms with Gasteiger partial charge in [-0.3, -0.25) is 4.79 Å². The summed E-state index contributed by atoms with van der Waals surface area (Å²) in [7, 11) is 0. The topological polar surface area (TPSA) is 60.5 Å². The third-order valence-corrected chi connectivity index (χ3v) is 5.68. The van der Waals surface area contributed by atoms with Crippen LogP contribution in [-0.2, 0) is 24.4 Å². The molecule has 5 heteroatoms. The van der Waals surface area contributed by atoms with E-state index in [0.29, 0.717) is 26.1 Å². The summed E-state index contributed by atoms with van der Waals surface area (Å²) in [5.41, 5.74) is 5.88. The van der Waals surface area contributed by atoms with Crippen molar-refractivity contribution in [2.75, 3.05) is 5.32 Å². The molecule has 1 aromatic heterocycles. The van der Waals surface area contributed by atoms with E-state index in [1.54, 1.807) is 0 Å². The Hall–Kier alpha value is -3.86. The predicted octanol–water partition coefficient (Wildman–Crippen LogP) is 5.59. The van der Waals surface area contributed by atoms with Gasteiger partial charge in [-0.25, -0.2) is 4.98 Å². The molecule has 0 spiro atoms. The van der Waals surface area contributed by atoms with Crippen molar-refractivity contribution in [3.05, 3.63) is 95.2 Å². The molecule has 0 aliphatic carbocycles. The van der Waals surface area contributed by atoms with Gasteiger partial charge in [0.2, 0.25) is 5.91 Å². The second-order valence-electron chi connectivity index (χ2n) is 8.00. The Labute approximate surface area is 187 Å². The number of hydrogen-bond donors (Lipinski definition) is 1. The number of aryl methyl sites for hydroxylation is 1. The van der Waals surface area contributed by atoms with Crippen molar-refractivity contribution < 1.29 is 14.3 Å². The molecule has 3 aromatic carbocycles. The number of para-hydroxylation sites is 1. The van der Waals surface area contributed by atoms with Gasteiger partial charge < -0.3 is 14.8 Å². The maximum Gasteiger partial charge on any atom is 0.224 e. The van der Waals surface area contributed by atoms with Crippen molar-refractivity contribution in [2.24, 2.45) is 0 Å². The minimum atomic E-state index is 0.0588. The Bertz CT molecular complexity index is 1300. The van der Waals surface area contributed by atoms with Crippen LogP contribution >= 0.6 is 0 Å². The summed E-state index contributed by atoms with van der Waals surface area (Å²) in [6, 6.07) is 24.0. The van der Waals surface area contributed by atoms with Crippen LogP contribution in [0.2, 0.25) is 0 Å². The molecular formula is C27H24N2O3. The first-order valence-corrected chi connectivity index (χ1v) is 10.8. The van der Waals surface area contributed by atoms with Crippen LogP contribution in [0.25, 0.3) is 10.9 Å². The van der Waals surface area contributed by atoms with E-state index in [0.717, 1.165) is 50.5 Å². The van der Waals surface area contributed by atoms with E-state index in [1.807, 2.05) is 67.6 Å². The van der Waals surface area contributed by atoms with Crippen molar-refractivity contribution >= 4 is 22.5 Å². The van der Waals surface area contributed by atoms with E-state index in [-0.39, 0.29) is 5.91 Å². The summed E-state index contributed by atoms with van der Waals surface area (Å²) < 4.78 is 12.1. The smallest absolute Gasteiger partial charge is 0.224 e. The molecular weight excluding hydrogens is 400 g/mol. The Morgan fingerprint density at radius 3 is 2.75 bits per heavy atom. The summed E-state index contributed by atoms with van der Waals surface area (Å²) in [6.07, 6.45) is 1.18. The van der Waals surface area contributed by atoms with Crippen molar-refractivity contribution in [1.29, 1.82) is 0 Å².